The van der Waals surface area contributed by atoms with Crippen LogP contribution in [0.25, 0.3) is 0 Å². The Labute approximate surface area is 125 Å². The monoisotopic (exact) mass is 312 g/mol. The second-order valence-electron chi connectivity index (χ2n) is 4.77. The summed E-state index contributed by atoms with van der Waals surface area (Å²) in [5.74, 6) is 0.531. The van der Waals surface area contributed by atoms with E-state index >= 15 is 0 Å². The summed E-state index contributed by atoms with van der Waals surface area (Å²) in [6, 6.07) is 5.97. The Hall–Kier alpha value is -2.31. The van der Waals surface area contributed by atoms with E-state index in [1.165, 1.54) is 18.3 Å². The van der Waals surface area contributed by atoms with Crippen LogP contribution in [0.2, 0.25) is 0 Å². The Morgan fingerprint density at radius 1 is 1.09 bits per heavy atom. The Morgan fingerprint density at radius 3 is 2.45 bits per heavy atom. The molecule has 0 fully saturated rings. The molecule has 7 heteroatoms. The molecule has 118 valence electrons. The van der Waals surface area contributed by atoms with Crippen LogP contribution >= 0.6 is 0 Å². The molecular formula is C15H15F3N2O2. The number of ether oxygens (including phenoxy) is 2. The van der Waals surface area contributed by atoms with Crippen LogP contribution in [0.15, 0.2) is 36.7 Å². The van der Waals surface area contributed by atoms with Gasteiger partial charge in [0.15, 0.2) is 11.4 Å². The lowest BCUT2D eigenvalue weighted by molar-refractivity contribution is -0.142. The summed E-state index contributed by atoms with van der Waals surface area (Å²) >= 11 is 0. The molecule has 0 aliphatic rings. The van der Waals surface area contributed by atoms with Crippen molar-refractivity contribution in [3.05, 3.63) is 47.9 Å². The molecule has 0 aromatic carbocycles. The van der Waals surface area contributed by atoms with Gasteiger partial charge in [0.1, 0.15) is 6.61 Å². The van der Waals surface area contributed by atoms with E-state index in [-0.39, 0.29) is 29.9 Å². The smallest absolute Gasteiger partial charge is 0.433 e. The first-order valence-corrected chi connectivity index (χ1v) is 6.63. The lowest BCUT2D eigenvalue weighted by atomic mass is 10.2. The van der Waals surface area contributed by atoms with Crippen molar-refractivity contribution in [2.75, 3.05) is 0 Å². The van der Waals surface area contributed by atoms with Crippen molar-refractivity contribution in [2.24, 2.45) is 0 Å². The van der Waals surface area contributed by atoms with Crippen LogP contribution in [0, 0.1) is 0 Å². The van der Waals surface area contributed by atoms with E-state index in [9.17, 15) is 13.2 Å². The molecule has 22 heavy (non-hydrogen) atoms. The van der Waals surface area contributed by atoms with Gasteiger partial charge in [0.25, 0.3) is 5.88 Å². The zero-order chi connectivity index (χ0) is 16.2. The summed E-state index contributed by atoms with van der Waals surface area (Å²) in [7, 11) is 0. The highest BCUT2D eigenvalue weighted by Crippen LogP contribution is 2.31. The maximum absolute atomic E-state index is 12.9. The van der Waals surface area contributed by atoms with Crippen molar-refractivity contribution >= 4 is 0 Å². The third kappa shape index (κ3) is 4.09. The number of hydrogen-bond acceptors (Lipinski definition) is 4. The average molecular weight is 312 g/mol. The third-order valence-corrected chi connectivity index (χ3v) is 2.63. The molecule has 2 aromatic rings. The predicted octanol–water partition coefficient (Wildman–Crippen LogP) is 3.86. The Balaban J connectivity index is 2.18. The molecule has 0 spiro atoms. The molecule has 0 saturated carbocycles. The highest BCUT2D eigenvalue weighted by molar-refractivity contribution is 5.33. The summed E-state index contributed by atoms with van der Waals surface area (Å²) in [4.78, 5) is 7.40. The molecule has 2 aromatic heterocycles. The van der Waals surface area contributed by atoms with E-state index in [0.717, 1.165) is 6.20 Å². The molecular weight excluding hydrogens is 297 g/mol. The fraction of sp³-hybridized carbons (Fsp3) is 0.333. The number of aromatic nitrogens is 2. The van der Waals surface area contributed by atoms with Crippen molar-refractivity contribution in [3.8, 4) is 11.6 Å². The summed E-state index contributed by atoms with van der Waals surface area (Å²) < 4.78 is 49.5. The van der Waals surface area contributed by atoms with E-state index in [2.05, 4.69) is 9.97 Å². The van der Waals surface area contributed by atoms with Gasteiger partial charge in [0.05, 0.1) is 6.10 Å². The molecule has 0 aliphatic heterocycles. The van der Waals surface area contributed by atoms with E-state index in [0.29, 0.717) is 0 Å². The quantitative estimate of drug-likeness (QED) is 0.841. The highest BCUT2D eigenvalue weighted by atomic mass is 19.4. The largest absolute Gasteiger partial charge is 0.483 e. The maximum atomic E-state index is 12.9. The van der Waals surface area contributed by atoms with E-state index in [4.69, 9.17) is 9.47 Å². The number of pyridine rings is 2. The van der Waals surface area contributed by atoms with Gasteiger partial charge in [-0.15, -0.1) is 0 Å². The first-order chi connectivity index (χ1) is 10.4. The van der Waals surface area contributed by atoms with Gasteiger partial charge in [-0.2, -0.15) is 13.2 Å². The van der Waals surface area contributed by atoms with Crippen molar-refractivity contribution in [3.63, 3.8) is 0 Å². The summed E-state index contributed by atoms with van der Waals surface area (Å²) in [5.41, 5.74) is -1.00. The molecule has 0 unspecified atom stereocenters. The number of nitrogens with zero attached hydrogens (tertiary/aromatic N) is 2. The van der Waals surface area contributed by atoms with Crippen LogP contribution in [0.5, 0.6) is 11.6 Å². The Bertz CT molecular complexity index is 630. The molecule has 0 N–H and O–H groups in total. The van der Waals surface area contributed by atoms with Gasteiger partial charge >= 0.3 is 6.18 Å². The average Bonchev–Trinajstić information content (AvgIpc) is 2.45. The minimum atomic E-state index is -4.52. The second kappa shape index (κ2) is 6.64. The molecule has 2 heterocycles. The molecule has 0 aliphatic carbocycles. The van der Waals surface area contributed by atoms with Crippen molar-refractivity contribution < 1.29 is 22.6 Å². The zero-order valence-electron chi connectivity index (χ0n) is 12.1. The minimum absolute atomic E-state index is 0.0469. The third-order valence-electron chi connectivity index (χ3n) is 2.63. The first kappa shape index (κ1) is 16.1. The zero-order valence-corrected chi connectivity index (χ0v) is 12.1. The molecule has 2 rings (SSSR count). The number of hydrogen-bond donors (Lipinski definition) is 0. The topological polar surface area (TPSA) is 44.2 Å². The van der Waals surface area contributed by atoms with Crippen LogP contribution in [0.1, 0.15) is 25.1 Å². The summed E-state index contributed by atoms with van der Waals surface area (Å²) in [5, 5.41) is 0. The minimum Gasteiger partial charge on any atom is -0.483 e. The number of alkyl halides is 3. The van der Waals surface area contributed by atoms with Gasteiger partial charge < -0.3 is 9.47 Å². The van der Waals surface area contributed by atoms with Crippen LogP contribution in [-0.4, -0.2) is 16.1 Å². The normalized spacial score (nSPS) is 11.5. The van der Waals surface area contributed by atoms with E-state index in [1.54, 1.807) is 12.1 Å². The Morgan fingerprint density at radius 2 is 1.77 bits per heavy atom. The van der Waals surface area contributed by atoms with Crippen LogP contribution < -0.4 is 9.47 Å². The molecule has 4 nitrogen and oxygen atoms in total. The van der Waals surface area contributed by atoms with Crippen LogP contribution in [-0.2, 0) is 12.8 Å². The molecule has 0 radical (unpaired) electrons. The van der Waals surface area contributed by atoms with Crippen molar-refractivity contribution in [1.82, 2.24) is 9.97 Å². The van der Waals surface area contributed by atoms with Gasteiger partial charge in [0, 0.05) is 18.0 Å². The highest BCUT2D eigenvalue weighted by Gasteiger charge is 2.35. The van der Waals surface area contributed by atoms with Gasteiger partial charge in [-0.1, -0.05) is 6.07 Å². The summed E-state index contributed by atoms with van der Waals surface area (Å²) in [6.07, 6.45) is -2.02. The van der Waals surface area contributed by atoms with Gasteiger partial charge in [0.2, 0.25) is 0 Å². The van der Waals surface area contributed by atoms with Crippen LogP contribution in [0.4, 0.5) is 13.2 Å². The van der Waals surface area contributed by atoms with E-state index in [1.807, 2.05) is 13.8 Å². The van der Waals surface area contributed by atoms with Gasteiger partial charge in [-0.3, -0.25) is 4.98 Å². The van der Waals surface area contributed by atoms with Crippen LogP contribution in [0.3, 0.4) is 0 Å². The molecule has 0 amide bonds. The van der Waals surface area contributed by atoms with E-state index < -0.39 is 11.9 Å². The first-order valence-electron chi connectivity index (χ1n) is 6.63. The standard InChI is InChI=1S/C15H15F3N2O2/c1-10(2)22-14-12(6-4-8-20-14)21-9-11-5-3-7-19-13(11)15(16,17)18/h3-8,10H,9H2,1-2H3. The fourth-order valence-electron chi connectivity index (χ4n) is 1.76. The maximum Gasteiger partial charge on any atom is 0.433 e. The predicted molar refractivity (Wildman–Crippen MR) is 73.6 cm³/mol. The van der Waals surface area contributed by atoms with Crippen molar-refractivity contribution in [1.29, 1.82) is 0 Å². The van der Waals surface area contributed by atoms with Crippen molar-refractivity contribution in [2.45, 2.75) is 32.7 Å². The number of rotatable bonds is 5. The second-order valence-corrected chi connectivity index (χ2v) is 4.77. The molecule has 0 bridgehead atoms. The molecule has 0 atom stereocenters. The molecule has 0 saturated heterocycles. The number of halogens is 3. The lowest BCUT2D eigenvalue weighted by Gasteiger charge is -2.15. The fourth-order valence-corrected chi connectivity index (χ4v) is 1.76. The van der Waals surface area contributed by atoms with Gasteiger partial charge in [-0.05, 0) is 32.0 Å². The SMILES string of the molecule is CC(C)Oc1ncccc1OCc1cccnc1C(F)(F)F. The van der Waals surface area contributed by atoms with Gasteiger partial charge in [-0.25, -0.2) is 4.98 Å². The summed E-state index contributed by atoms with van der Waals surface area (Å²) in [6.45, 7) is 3.37. The lowest BCUT2D eigenvalue weighted by Crippen LogP contribution is -2.14. The Kier molecular flexibility index (Phi) is 4.85.